The van der Waals surface area contributed by atoms with Gasteiger partial charge in [-0.25, -0.2) is 0 Å². The molecule has 1 atom stereocenters. The van der Waals surface area contributed by atoms with Crippen molar-refractivity contribution < 1.29 is 8.95 Å². The molecule has 0 aliphatic rings. The quantitative estimate of drug-likeness (QED) is 0.528. The first-order valence-electron chi connectivity index (χ1n) is 3.16. The van der Waals surface area contributed by atoms with Gasteiger partial charge in [-0.15, -0.1) is 0 Å². The Kier molecular flexibility index (Phi) is 2.54. The molecule has 0 saturated carbocycles. The Morgan fingerprint density at radius 1 is 1.55 bits per heavy atom. The molecule has 0 amide bonds. The predicted octanol–water partition coefficient (Wildman–Crippen LogP) is 0.967. The lowest BCUT2D eigenvalue weighted by Crippen LogP contribution is -1.84. The average Bonchev–Trinajstić information content (AvgIpc) is 2.05. The highest BCUT2D eigenvalue weighted by Crippen LogP contribution is 2.12. The van der Waals surface area contributed by atoms with Gasteiger partial charge in [-0.1, -0.05) is 6.07 Å². The van der Waals surface area contributed by atoms with E-state index in [1.807, 2.05) is 6.07 Å². The van der Waals surface area contributed by atoms with E-state index in [-0.39, 0.29) is 0 Å². The minimum Gasteiger partial charge on any atom is -0.497 e. The summed E-state index contributed by atoms with van der Waals surface area (Å²) in [4.78, 5) is 0.722. The van der Waals surface area contributed by atoms with Gasteiger partial charge in [-0.2, -0.15) is 0 Å². The molecule has 0 aliphatic carbocycles. The fourth-order valence-electron chi connectivity index (χ4n) is 0.766. The number of hydrogen-bond acceptors (Lipinski definition) is 2. The van der Waals surface area contributed by atoms with Crippen LogP contribution in [0.15, 0.2) is 29.2 Å². The molecule has 3 heteroatoms. The monoisotopic (exact) mass is 170 g/mol. The molecule has 1 unspecified atom stereocenters. The van der Waals surface area contributed by atoms with Gasteiger partial charge >= 0.3 is 0 Å². The third kappa shape index (κ3) is 1.98. The van der Waals surface area contributed by atoms with Gasteiger partial charge in [0.15, 0.2) is 0 Å². The van der Waals surface area contributed by atoms with E-state index in [1.54, 1.807) is 25.3 Å². The molecule has 60 valence electrons. The number of hydrogen-bond donors (Lipinski definition) is 1. The Hall–Kier alpha value is -0.960. The maximum Gasteiger partial charge on any atom is 0.120 e. The van der Waals surface area contributed by atoms with Crippen molar-refractivity contribution in [2.75, 3.05) is 7.11 Å². The van der Waals surface area contributed by atoms with Gasteiger partial charge < -0.3 is 4.74 Å². The maximum atomic E-state index is 10.9. The van der Waals surface area contributed by atoms with Gasteiger partial charge in [0.25, 0.3) is 0 Å². The fourth-order valence-corrected chi connectivity index (χ4v) is 1.29. The van der Waals surface area contributed by atoms with Crippen molar-refractivity contribution in [3.63, 3.8) is 0 Å². The molecule has 0 heterocycles. The lowest BCUT2D eigenvalue weighted by molar-refractivity contribution is 0.413. The Morgan fingerprint density at radius 2 is 2.27 bits per heavy atom. The van der Waals surface area contributed by atoms with Crippen LogP contribution >= 0.6 is 0 Å². The summed E-state index contributed by atoms with van der Waals surface area (Å²) in [6.07, 6.45) is 0. The van der Waals surface area contributed by atoms with Crippen LogP contribution in [0.25, 0.3) is 0 Å². The Labute approximate surface area is 67.9 Å². The number of benzene rings is 1. The van der Waals surface area contributed by atoms with Gasteiger partial charge in [0, 0.05) is 4.90 Å². The Balaban J connectivity index is 3.10. The van der Waals surface area contributed by atoms with Crippen LogP contribution in [-0.2, 0) is 10.4 Å². The fraction of sp³-hybridized carbons (Fsp3) is 0.125. The highest BCUT2D eigenvalue weighted by Gasteiger charge is 1.92. The third-order valence-electron chi connectivity index (χ3n) is 1.34. The van der Waals surface area contributed by atoms with Crippen molar-refractivity contribution in [3.05, 3.63) is 24.3 Å². The zero-order chi connectivity index (χ0) is 8.27. The largest absolute Gasteiger partial charge is 0.497 e. The molecule has 0 fully saturated rings. The van der Waals surface area contributed by atoms with Crippen LogP contribution < -0.4 is 4.74 Å². The predicted molar refractivity (Wildman–Crippen MR) is 47.9 cm³/mol. The highest BCUT2D eigenvalue weighted by molar-refractivity contribution is 7.82. The van der Waals surface area contributed by atoms with Gasteiger partial charge in [-0.3, -0.25) is 4.21 Å². The van der Waals surface area contributed by atoms with Crippen LogP contribution in [0.3, 0.4) is 0 Å². The third-order valence-corrected chi connectivity index (χ3v) is 2.20. The molecular formula is C8H10O2S. The van der Waals surface area contributed by atoms with Gasteiger partial charge in [0.2, 0.25) is 0 Å². The Bertz CT molecular complexity index is 308. The molecule has 2 nitrogen and oxygen atoms in total. The van der Waals surface area contributed by atoms with E-state index < -0.39 is 10.4 Å². The molecule has 0 aromatic heterocycles. The molecule has 0 spiro atoms. The molecule has 1 rings (SSSR count). The summed E-state index contributed by atoms with van der Waals surface area (Å²) in [6, 6.07) is 7.11. The van der Waals surface area contributed by atoms with E-state index >= 15 is 0 Å². The second-order valence-electron chi connectivity index (χ2n) is 2.08. The first kappa shape index (κ1) is 8.14. The highest BCUT2D eigenvalue weighted by atomic mass is 32.2. The van der Waals surface area contributed by atoms with Gasteiger partial charge in [0.05, 0.1) is 7.11 Å². The standard InChI is InChI=1S/C8H10O2S/c1-10-7-4-3-5-8(6-7)11(2)9/h3-6,11H,2H2,1H3. The summed E-state index contributed by atoms with van der Waals surface area (Å²) in [7, 11) is 0.0811. The molecule has 1 aromatic rings. The molecule has 11 heavy (non-hydrogen) atoms. The normalized spacial score (nSPS) is 12.5. The van der Waals surface area contributed by atoms with E-state index in [1.165, 1.54) is 0 Å². The smallest absolute Gasteiger partial charge is 0.120 e. The zero-order valence-electron chi connectivity index (χ0n) is 6.28. The maximum absolute atomic E-state index is 10.9. The van der Waals surface area contributed by atoms with Crippen molar-refractivity contribution in [1.82, 2.24) is 0 Å². The van der Waals surface area contributed by atoms with Crippen molar-refractivity contribution in [3.8, 4) is 5.75 Å². The number of ether oxygens (including phenoxy) is 1. The minimum absolute atomic E-state index is 0.717. The Morgan fingerprint density at radius 3 is 2.82 bits per heavy atom. The van der Waals surface area contributed by atoms with Crippen molar-refractivity contribution >= 4 is 16.3 Å². The topological polar surface area (TPSA) is 26.3 Å². The summed E-state index contributed by atoms with van der Waals surface area (Å²) in [6.45, 7) is 0. The van der Waals surface area contributed by atoms with Gasteiger partial charge in [0.1, 0.15) is 5.75 Å². The molecule has 0 saturated heterocycles. The van der Waals surface area contributed by atoms with E-state index in [0.717, 1.165) is 10.6 Å². The van der Waals surface area contributed by atoms with Crippen molar-refractivity contribution in [1.29, 1.82) is 0 Å². The lowest BCUT2D eigenvalue weighted by Gasteiger charge is -1.98. The van der Waals surface area contributed by atoms with E-state index in [4.69, 9.17) is 4.74 Å². The van der Waals surface area contributed by atoms with Gasteiger partial charge in [-0.05, 0) is 34.5 Å². The first-order valence-corrected chi connectivity index (χ1v) is 4.60. The second-order valence-corrected chi connectivity index (χ2v) is 3.35. The van der Waals surface area contributed by atoms with Crippen LogP contribution in [0.2, 0.25) is 0 Å². The van der Waals surface area contributed by atoms with Crippen LogP contribution in [0.5, 0.6) is 5.75 Å². The van der Waals surface area contributed by atoms with Crippen molar-refractivity contribution in [2.24, 2.45) is 0 Å². The van der Waals surface area contributed by atoms with Crippen LogP contribution in [-0.4, -0.2) is 17.2 Å². The SMILES string of the molecule is C=[SH](=O)c1cccc(OC)c1. The van der Waals surface area contributed by atoms with Crippen LogP contribution in [0.4, 0.5) is 0 Å². The van der Waals surface area contributed by atoms with Crippen LogP contribution in [0.1, 0.15) is 0 Å². The number of methoxy groups -OCH3 is 1. The molecule has 1 aromatic carbocycles. The molecule has 0 bridgehead atoms. The lowest BCUT2D eigenvalue weighted by atomic mass is 10.3. The van der Waals surface area contributed by atoms with Crippen LogP contribution in [0, 0.1) is 0 Å². The summed E-state index contributed by atoms with van der Waals surface area (Å²) in [5, 5.41) is 0. The summed E-state index contributed by atoms with van der Waals surface area (Å²) in [5.74, 6) is 4.15. The average molecular weight is 170 g/mol. The number of thiol groups is 1. The van der Waals surface area contributed by atoms with E-state index in [0.29, 0.717) is 0 Å². The zero-order valence-corrected chi connectivity index (χ0v) is 7.17. The molecular weight excluding hydrogens is 160 g/mol. The van der Waals surface area contributed by atoms with E-state index in [9.17, 15) is 4.21 Å². The molecule has 0 aliphatic heterocycles. The first-order chi connectivity index (χ1) is 5.24. The molecule has 0 N–H and O–H groups in total. The summed E-state index contributed by atoms with van der Waals surface area (Å²) in [5.41, 5.74) is 0. The van der Waals surface area contributed by atoms with E-state index in [2.05, 4.69) is 5.87 Å². The summed E-state index contributed by atoms with van der Waals surface area (Å²) >= 11 is 0. The summed E-state index contributed by atoms with van der Waals surface area (Å²) < 4.78 is 15.8. The number of rotatable bonds is 2. The van der Waals surface area contributed by atoms with Crippen molar-refractivity contribution in [2.45, 2.75) is 4.90 Å². The molecule has 0 radical (unpaired) electrons. The second kappa shape index (κ2) is 3.44. The minimum atomic E-state index is -1.50.